The van der Waals surface area contributed by atoms with Crippen molar-refractivity contribution in [3.8, 4) is 5.75 Å². The Kier molecular flexibility index (Phi) is 6.88. The lowest BCUT2D eigenvalue weighted by atomic mass is 10.0. The van der Waals surface area contributed by atoms with Gasteiger partial charge in [0, 0.05) is 27.4 Å². The summed E-state index contributed by atoms with van der Waals surface area (Å²) >= 11 is 5.76. The van der Waals surface area contributed by atoms with Crippen LogP contribution in [0.1, 0.15) is 10.4 Å². The van der Waals surface area contributed by atoms with Gasteiger partial charge in [-0.3, -0.25) is 4.79 Å². The van der Waals surface area contributed by atoms with E-state index >= 15 is 0 Å². The van der Waals surface area contributed by atoms with E-state index < -0.39 is 17.5 Å². The van der Waals surface area contributed by atoms with Crippen LogP contribution in [0.15, 0.2) is 36.0 Å². The van der Waals surface area contributed by atoms with Gasteiger partial charge in [0.05, 0.1) is 12.7 Å². The van der Waals surface area contributed by atoms with Crippen molar-refractivity contribution in [2.24, 2.45) is 0 Å². The number of carbonyl (C=O) groups is 2. The van der Waals surface area contributed by atoms with Crippen LogP contribution in [0.4, 0.5) is 0 Å². The molecule has 0 saturated carbocycles. The normalized spacial score (nSPS) is 12.5. The average molecular weight is 328 g/mol. The maximum Gasteiger partial charge on any atom is 0.343 e. The Balaban J connectivity index is 3.22. The number of hydrogen-bond acceptors (Lipinski definition) is 6. The van der Waals surface area contributed by atoms with Crippen molar-refractivity contribution < 1.29 is 23.8 Å². The predicted octanol–water partition coefficient (Wildman–Crippen LogP) is 2.04. The molecule has 1 aromatic carbocycles. The number of esters is 1. The van der Waals surface area contributed by atoms with E-state index in [1.54, 1.807) is 37.2 Å². The number of halogens is 1. The Bertz CT molecular complexity index is 571. The minimum atomic E-state index is -1.05. The van der Waals surface area contributed by atoms with Gasteiger partial charge in [-0.25, -0.2) is 4.79 Å². The molecule has 1 atom stereocenters. The maximum absolute atomic E-state index is 12.6. The molecule has 0 aliphatic heterocycles. The molecule has 1 unspecified atom stereocenters. The minimum absolute atomic E-state index is 0.118. The largest absolute Gasteiger partial charge is 0.465 e. The van der Waals surface area contributed by atoms with Crippen LogP contribution in [0, 0.1) is 0 Å². The van der Waals surface area contributed by atoms with Gasteiger partial charge in [0.15, 0.2) is 0 Å². The van der Waals surface area contributed by atoms with Gasteiger partial charge in [-0.15, -0.1) is 0 Å². The van der Waals surface area contributed by atoms with Crippen molar-refractivity contribution in [1.82, 2.24) is 4.90 Å². The molecule has 22 heavy (non-hydrogen) atoms. The van der Waals surface area contributed by atoms with Crippen LogP contribution >= 0.6 is 11.6 Å². The Morgan fingerprint density at radius 2 is 1.86 bits per heavy atom. The second kappa shape index (κ2) is 8.41. The summed E-state index contributed by atoms with van der Waals surface area (Å²) in [6.45, 7) is 0. The minimum Gasteiger partial charge on any atom is -0.465 e. The highest BCUT2D eigenvalue weighted by Crippen LogP contribution is 2.24. The predicted molar refractivity (Wildman–Crippen MR) is 81.8 cm³/mol. The summed E-state index contributed by atoms with van der Waals surface area (Å²) in [5.41, 5.74) is 0.0655. The number of ether oxygens (including phenoxy) is 3. The van der Waals surface area contributed by atoms with Crippen LogP contribution in [-0.4, -0.2) is 50.7 Å². The lowest BCUT2D eigenvalue weighted by Crippen LogP contribution is -2.20. The molecule has 7 heteroatoms. The summed E-state index contributed by atoms with van der Waals surface area (Å²) in [5.74, 6) is -2.10. The third-order valence-electron chi connectivity index (χ3n) is 2.57. The van der Waals surface area contributed by atoms with Crippen LogP contribution in [0.2, 0.25) is 0 Å². The topological polar surface area (TPSA) is 65.1 Å². The van der Waals surface area contributed by atoms with E-state index in [1.165, 1.54) is 26.5 Å². The molecule has 0 radical (unpaired) electrons. The molecule has 0 aliphatic rings. The third kappa shape index (κ3) is 4.75. The first-order valence-corrected chi connectivity index (χ1v) is 6.78. The fourth-order valence-corrected chi connectivity index (χ4v) is 1.72. The van der Waals surface area contributed by atoms with E-state index in [-0.39, 0.29) is 16.9 Å². The Hall–Kier alpha value is -2.05. The molecule has 120 valence electrons. The van der Waals surface area contributed by atoms with Crippen LogP contribution in [0.3, 0.4) is 0 Å². The molecule has 0 fully saturated rings. The van der Waals surface area contributed by atoms with Gasteiger partial charge in [-0.05, 0) is 23.7 Å². The van der Waals surface area contributed by atoms with Crippen molar-refractivity contribution in [2.75, 3.05) is 28.3 Å². The second-order valence-electron chi connectivity index (χ2n) is 4.45. The van der Waals surface area contributed by atoms with Crippen molar-refractivity contribution in [3.63, 3.8) is 0 Å². The van der Waals surface area contributed by atoms with Crippen LogP contribution < -0.4 is 4.74 Å². The number of rotatable bonds is 7. The Labute approximate surface area is 134 Å². The van der Waals surface area contributed by atoms with Crippen molar-refractivity contribution in [3.05, 3.63) is 41.6 Å². The van der Waals surface area contributed by atoms with Gasteiger partial charge >= 0.3 is 5.97 Å². The van der Waals surface area contributed by atoms with E-state index in [1.807, 2.05) is 0 Å². The number of alkyl halides is 1. The molecule has 1 aromatic rings. The van der Waals surface area contributed by atoms with Gasteiger partial charge in [-0.1, -0.05) is 12.1 Å². The molecule has 0 saturated heterocycles. The SMILES string of the molecule is COC(=O)/C(=C\N(C)C)C(=O)c1ccccc1OC(Cl)OC. The Morgan fingerprint density at radius 1 is 1.23 bits per heavy atom. The summed E-state index contributed by atoms with van der Waals surface area (Å²) in [6.07, 6.45) is 1.39. The zero-order chi connectivity index (χ0) is 16.7. The molecule has 1 rings (SSSR count). The third-order valence-corrected chi connectivity index (χ3v) is 2.84. The second-order valence-corrected chi connectivity index (χ2v) is 4.81. The van der Waals surface area contributed by atoms with E-state index in [0.717, 1.165) is 0 Å². The molecular weight excluding hydrogens is 310 g/mol. The van der Waals surface area contributed by atoms with E-state index in [2.05, 4.69) is 4.74 Å². The van der Waals surface area contributed by atoms with E-state index in [0.29, 0.717) is 0 Å². The molecule has 0 bridgehead atoms. The molecular formula is C15H18ClNO5. The quantitative estimate of drug-likeness (QED) is 0.145. The summed E-state index contributed by atoms with van der Waals surface area (Å²) in [7, 11) is 5.96. The summed E-state index contributed by atoms with van der Waals surface area (Å²) < 4.78 is 14.8. The lowest BCUT2D eigenvalue weighted by Gasteiger charge is -2.15. The van der Waals surface area contributed by atoms with Crippen molar-refractivity contribution in [1.29, 1.82) is 0 Å². The first-order chi connectivity index (χ1) is 10.4. The van der Waals surface area contributed by atoms with Gasteiger partial charge in [0.1, 0.15) is 11.3 Å². The highest BCUT2D eigenvalue weighted by molar-refractivity contribution is 6.25. The number of para-hydroxylation sites is 1. The molecule has 0 amide bonds. The molecule has 6 nitrogen and oxygen atoms in total. The van der Waals surface area contributed by atoms with Crippen LogP contribution in [-0.2, 0) is 14.3 Å². The number of hydrogen-bond donors (Lipinski definition) is 0. The average Bonchev–Trinajstić information content (AvgIpc) is 2.51. The number of nitrogens with zero attached hydrogens (tertiary/aromatic N) is 1. The molecule has 0 aliphatic carbocycles. The zero-order valence-corrected chi connectivity index (χ0v) is 13.6. The number of Topliss-reactive ketones (excluding diaryl/α,β-unsaturated/α-hetero) is 1. The fourth-order valence-electron chi connectivity index (χ4n) is 1.62. The molecule has 0 heterocycles. The smallest absolute Gasteiger partial charge is 0.343 e. The summed E-state index contributed by atoms with van der Waals surface area (Å²) in [6, 6.07) is 6.43. The monoisotopic (exact) mass is 327 g/mol. The highest BCUT2D eigenvalue weighted by atomic mass is 35.5. The molecule has 0 spiro atoms. The van der Waals surface area contributed by atoms with Gasteiger partial charge < -0.3 is 19.1 Å². The number of ketones is 1. The fraction of sp³-hybridized carbons (Fsp3) is 0.333. The first kappa shape index (κ1) is 18.0. The first-order valence-electron chi connectivity index (χ1n) is 6.34. The standard InChI is InChI=1S/C15H18ClNO5/c1-17(2)9-11(14(19)20-3)13(18)10-7-5-6-8-12(10)22-15(16)21-4/h5-9,15H,1-4H3/b11-9-. The molecule has 0 aromatic heterocycles. The van der Waals surface area contributed by atoms with Crippen LogP contribution in [0.25, 0.3) is 0 Å². The summed E-state index contributed by atoms with van der Waals surface area (Å²) in [5, 5.41) is 0. The van der Waals surface area contributed by atoms with Gasteiger partial charge in [0.2, 0.25) is 5.78 Å². The molecule has 0 N–H and O–H groups in total. The van der Waals surface area contributed by atoms with E-state index in [4.69, 9.17) is 21.1 Å². The highest BCUT2D eigenvalue weighted by Gasteiger charge is 2.24. The van der Waals surface area contributed by atoms with Gasteiger partial charge in [-0.2, -0.15) is 0 Å². The lowest BCUT2D eigenvalue weighted by molar-refractivity contribution is -0.135. The number of carbonyl (C=O) groups excluding carboxylic acids is 2. The number of methoxy groups -OCH3 is 2. The van der Waals surface area contributed by atoms with Crippen LogP contribution in [0.5, 0.6) is 5.75 Å². The van der Waals surface area contributed by atoms with Crippen molar-refractivity contribution >= 4 is 23.4 Å². The van der Waals surface area contributed by atoms with E-state index in [9.17, 15) is 9.59 Å². The number of benzene rings is 1. The Morgan fingerprint density at radius 3 is 2.41 bits per heavy atom. The van der Waals surface area contributed by atoms with Crippen molar-refractivity contribution in [2.45, 2.75) is 5.75 Å². The summed E-state index contributed by atoms with van der Waals surface area (Å²) in [4.78, 5) is 26.0. The van der Waals surface area contributed by atoms with Gasteiger partial charge in [0.25, 0.3) is 5.75 Å². The zero-order valence-electron chi connectivity index (χ0n) is 12.8. The maximum atomic E-state index is 12.6.